The minimum Gasteiger partial charge on any atom is -0.452 e. The van der Waals surface area contributed by atoms with Gasteiger partial charge < -0.3 is 15.4 Å². The fraction of sp³-hybridized carbons (Fsp3) is 0.375. The number of hydrogen-bond donors (Lipinski definition) is 2. The molecule has 2 rings (SSSR count). The van der Waals surface area contributed by atoms with E-state index < -0.39 is 40.3 Å². The zero-order valence-corrected chi connectivity index (χ0v) is 14.5. The summed E-state index contributed by atoms with van der Waals surface area (Å²) in [5.74, 6) is -1.83. The van der Waals surface area contributed by atoms with Crippen molar-refractivity contribution in [2.24, 2.45) is 0 Å². The van der Waals surface area contributed by atoms with Gasteiger partial charge in [-0.25, -0.2) is 13.2 Å². The molecule has 138 valence electrons. The summed E-state index contributed by atoms with van der Waals surface area (Å²) in [6.07, 6.45) is 0.0716. The van der Waals surface area contributed by atoms with Crippen molar-refractivity contribution in [2.45, 2.75) is 18.9 Å². The smallest absolute Gasteiger partial charge is 0.338 e. The number of esters is 1. The lowest BCUT2D eigenvalue weighted by molar-refractivity contribution is -0.124. The summed E-state index contributed by atoms with van der Waals surface area (Å²) in [4.78, 5) is 34.9. The molecular formula is C16H17N3O6S. The molecule has 0 aromatic heterocycles. The summed E-state index contributed by atoms with van der Waals surface area (Å²) in [5.41, 5.74) is 0.599. The number of sulfone groups is 1. The van der Waals surface area contributed by atoms with E-state index in [2.05, 4.69) is 10.6 Å². The fourth-order valence-electron chi connectivity index (χ4n) is 2.36. The monoisotopic (exact) mass is 379 g/mol. The molecular weight excluding hydrogens is 362 g/mol. The topological polar surface area (TPSA) is 142 Å². The highest BCUT2D eigenvalue weighted by atomic mass is 32.2. The van der Waals surface area contributed by atoms with Gasteiger partial charge in [0.05, 0.1) is 23.1 Å². The SMILES string of the molecule is N#CCC(=O)Nc1ccc(C(=O)OCC(=O)N[C@@H]2CCS(=O)(=O)C2)cc1. The van der Waals surface area contributed by atoms with Crippen molar-refractivity contribution in [1.82, 2.24) is 5.32 Å². The van der Waals surface area contributed by atoms with Crippen LogP contribution in [0.5, 0.6) is 0 Å². The summed E-state index contributed by atoms with van der Waals surface area (Å²) >= 11 is 0. The molecule has 10 heteroatoms. The van der Waals surface area contributed by atoms with Crippen LogP contribution in [0.3, 0.4) is 0 Å². The van der Waals surface area contributed by atoms with Gasteiger partial charge in [-0.15, -0.1) is 0 Å². The molecule has 0 bridgehead atoms. The number of amides is 2. The first-order valence-electron chi connectivity index (χ1n) is 7.73. The second kappa shape index (κ2) is 8.44. The standard InChI is InChI=1S/C16H17N3O6S/c17-7-5-14(20)18-12-3-1-11(2-4-12)16(22)25-9-15(21)19-13-6-8-26(23,24)10-13/h1-4,13H,5-6,8-10H2,(H,18,20)(H,19,21)/t13-/m1/s1. The minimum atomic E-state index is -3.10. The molecule has 0 aliphatic carbocycles. The Morgan fingerprint density at radius 1 is 1.19 bits per heavy atom. The van der Waals surface area contributed by atoms with Gasteiger partial charge in [0.25, 0.3) is 5.91 Å². The molecule has 1 saturated heterocycles. The Balaban J connectivity index is 1.79. The maximum absolute atomic E-state index is 11.9. The van der Waals surface area contributed by atoms with Crippen LogP contribution in [0.2, 0.25) is 0 Å². The summed E-state index contributed by atoms with van der Waals surface area (Å²) < 4.78 is 27.5. The number of nitrogens with one attached hydrogen (secondary N) is 2. The van der Waals surface area contributed by atoms with Crippen LogP contribution in [0.4, 0.5) is 5.69 Å². The van der Waals surface area contributed by atoms with Gasteiger partial charge in [0.1, 0.15) is 6.42 Å². The van der Waals surface area contributed by atoms with Crippen LogP contribution in [0.15, 0.2) is 24.3 Å². The zero-order chi connectivity index (χ0) is 19.2. The van der Waals surface area contributed by atoms with E-state index in [-0.39, 0.29) is 23.5 Å². The predicted molar refractivity (Wildman–Crippen MR) is 90.8 cm³/mol. The number of hydrogen-bond acceptors (Lipinski definition) is 7. The largest absolute Gasteiger partial charge is 0.452 e. The van der Waals surface area contributed by atoms with Crippen LogP contribution >= 0.6 is 0 Å². The van der Waals surface area contributed by atoms with Gasteiger partial charge in [-0.2, -0.15) is 5.26 Å². The summed E-state index contributed by atoms with van der Waals surface area (Å²) in [5, 5.41) is 13.4. The van der Waals surface area contributed by atoms with Crippen LogP contribution in [-0.4, -0.2) is 50.4 Å². The lowest BCUT2D eigenvalue weighted by Crippen LogP contribution is -2.38. The number of nitrogens with zero attached hydrogens (tertiary/aromatic N) is 1. The first kappa shape index (κ1) is 19.4. The van der Waals surface area contributed by atoms with Crippen molar-refractivity contribution >= 4 is 33.3 Å². The van der Waals surface area contributed by atoms with E-state index in [0.29, 0.717) is 12.1 Å². The number of rotatable bonds is 6. The molecule has 1 fully saturated rings. The quantitative estimate of drug-likeness (QED) is 0.662. The van der Waals surface area contributed by atoms with Crippen molar-refractivity contribution in [3.63, 3.8) is 0 Å². The number of carbonyl (C=O) groups excluding carboxylic acids is 3. The molecule has 2 amide bonds. The van der Waals surface area contributed by atoms with Crippen LogP contribution in [0.1, 0.15) is 23.2 Å². The Kier molecular flexibility index (Phi) is 6.30. The van der Waals surface area contributed by atoms with Gasteiger partial charge in [-0.05, 0) is 30.7 Å². The third-order valence-corrected chi connectivity index (χ3v) is 5.34. The maximum atomic E-state index is 11.9. The number of ether oxygens (including phenoxy) is 1. The highest BCUT2D eigenvalue weighted by molar-refractivity contribution is 7.91. The zero-order valence-electron chi connectivity index (χ0n) is 13.7. The molecule has 1 aromatic carbocycles. The van der Waals surface area contributed by atoms with Gasteiger partial charge in [-0.3, -0.25) is 9.59 Å². The van der Waals surface area contributed by atoms with Crippen LogP contribution in [-0.2, 0) is 24.2 Å². The Morgan fingerprint density at radius 2 is 1.88 bits per heavy atom. The average molecular weight is 379 g/mol. The van der Waals surface area contributed by atoms with Crippen LogP contribution < -0.4 is 10.6 Å². The van der Waals surface area contributed by atoms with E-state index in [9.17, 15) is 22.8 Å². The van der Waals surface area contributed by atoms with Crippen LogP contribution in [0, 0.1) is 11.3 Å². The molecule has 1 aliphatic rings. The van der Waals surface area contributed by atoms with Gasteiger partial charge in [0, 0.05) is 11.7 Å². The van der Waals surface area contributed by atoms with E-state index >= 15 is 0 Å². The molecule has 26 heavy (non-hydrogen) atoms. The first-order chi connectivity index (χ1) is 12.3. The predicted octanol–water partition coefficient (Wildman–Crippen LogP) is -0.00112. The molecule has 0 saturated carbocycles. The van der Waals surface area contributed by atoms with Crippen molar-refractivity contribution in [1.29, 1.82) is 5.26 Å². The maximum Gasteiger partial charge on any atom is 0.338 e. The lowest BCUT2D eigenvalue weighted by Gasteiger charge is -2.11. The Morgan fingerprint density at radius 3 is 2.46 bits per heavy atom. The van der Waals surface area contributed by atoms with Crippen molar-refractivity contribution in [3.05, 3.63) is 29.8 Å². The number of carbonyl (C=O) groups is 3. The summed E-state index contributed by atoms with van der Waals surface area (Å²) in [7, 11) is -3.10. The molecule has 0 radical (unpaired) electrons. The second-order valence-corrected chi connectivity index (χ2v) is 7.93. The highest BCUT2D eigenvalue weighted by Crippen LogP contribution is 2.12. The Labute approximate surface area is 150 Å². The highest BCUT2D eigenvalue weighted by Gasteiger charge is 2.29. The molecule has 1 atom stereocenters. The molecule has 1 heterocycles. The fourth-order valence-corrected chi connectivity index (χ4v) is 4.03. The molecule has 2 N–H and O–H groups in total. The Hall–Kier alpha value is -2.93. The van der Waals surface area contributed by atoms with E-state index in [4.69, 9.17) is 10.00 Å². The van der Waals surface area contributed by atoms with Crippen LogP contribution in [0.25, 0.3) is 0 Å². The molecule has 1 aromatic rings. The summed E-state index contributed by atoms with van der Waals surface area (Å²) in [6, 6.07) is 7.01. The van der Waals surface area contributed by atoms with Gasteiger partial charge in [0.15, 0.2) is 16.4 Å². The normalized spacial score (nSPS) is 17.7. The van der Waals surface area contributed by atoms with E-state index in [1.54, 1.807) is 6.07 Å². The van der Waals surface area contributed by atoms with E-state index in [1.807, 2.05) is 0 Å². The molecule has 9 nitrogen and oxygen atoms in total. The summed E-state index contributed by atoms with van der Waals surface area (Å²) in [6.45, 7) is -0.518. The van der Waals surface area contributed by atoms with E-state index in [1.165, 1.54) is 24.3 Å². The lowest BCUT2D eigenvalue weighted by atomic mass is 10.2. The number of nitriles is 1. The molecule has 1 aliphatic heterocycles. The first-order valence-corrected chi connectivity index (χ1v) is 9.55. The Bertz CT molecular complexity index is 842. The third kappa shape index (κ3) is 5.86. The van der Waals surface area contributed by atoms with Gasteiger partial charge >= 0.3 is 5.97 Å². The van der Waals surface area contributed by atoms with Crippen molar-refractivity contribution in [3.8, 4) is 6.07 Å². The van der Waals surface area contributed by atoms with Crippen molar-refractivity contribution in [2.75, 3.05) is 23.4 Å². The number of anilines is 1. The average Bonchev–Trinajstić information content (AvgIpc) is 2.92. The van der Waals surface area contributed by atoms with Gasteiger partial charge in [-0.1, -0.05) is 0 Å². The number of benzene rings is 1. The third-order valence-electron chi connectivity index (χ3n) is 3.58. The molecule has 0 unspecified atom stereocenters. The van der Waals surface area contributed by atoms with Crippen molar-refractivity contribution < 1.29 is 27.5 Å². The molecule has 0 spiro atoms. The second-order valence-electron chi connectivity index (χ2n) is 5.70. The minimum absolute atomic E-state index is 0.0367. The van der Waals surface area contributed by atoms with E-state index in [0.717, 1.165) is 0 Å². The van der Waals surface area contributed by atoms with Gasteiger partial charge in [0.2, 0.25) is 5.91 Å².